The van der Waals surface area contributed by atoms with Crippen molar-refractivity contribution in [1.29, 1.82) is 0 Å². The smallest absolute Gasteiger partial charge is 0.269 e. The van der Waals surface area contributed by atoms with Crippen molar-refractivity contribution in [3.8, 4) is 17.2 Å². The number of amides is 1. The van der Waals surface area contributed by atoms with Crippen LogP contribution in [0.2, 0.25) is 0 Å². The van der Waals surface area contributed by atoms with Crippen molar-refractivity contribution in [3.05, 3.63) is 91.3 Å². The summed E-state index contributed by atoms with van der Waals surface area (Å²) in [5.74, 6) is 1.46. The van der Waals surface area contributed by atoms with Crippen LogP contribution >= 0.6 is 27.7 Å². The highest BCUT2D eigenvalue weighted by Gasteiger charge is 2.24. The molecule has 0 bridgehead atoms. The third-order valence-corrected chi connectivity index (χ3v) is 6.79. The Balaban J connectivity index is 1.52. The number of amidine groups is 1. The van der Waals surface area contributed by atoms with Gasteiger partial charge in [-0.25, -0.2) is 4.99 Å². The lowest BCUT2D eigenvalue weighted by molar-refractivity contribution is -0.384. The highest BCUT2D eigenvalue weighted by atomic mass is 79.9. The van der Waals surface area contributed by atoms with Crippen LogP contribution < -0.4 is 19.5 Å². The second-order valence-corrected chi connectivity index (χ2v) is 9.76. The molecule has 4 rings (SSSR count). The molecule has 0 saturated carbocycles. The van der Waals surface area contributed by atoms with Crippen molar-refractivity contribution in [2.75, 3.05) is 13.2 Å². The lowest BCUT2D eigenvalue weighted by Gasteiger charge is -2.14. The Morgan fingerprint density at radius 3 is 2.47 bits per heavy atom. The molecule has 1 aliphatic heterocycles. The van der Waals surface area contributed by atoms with Gasteiger partial charge in [-0.2, -0.15) is 0 Å². The maximum absolute atomic E-state index is 12.6. The molecule has 3 aromatic carbocycles. The first kappa shape index (κ1) is 27.2. The number of carbonyl (C=O) groups excluding carboxylic acids is 1. The number of hydrogen-bond acceptors (Lipinski definition) is 8. The Hall–Kier alpha value is -3.83. The number of ether oxygens (including phenoxy) is 3. The van der Waals surface area contributed by atoms with Gasteiger partial charge in [0.15, 0.2) is 16.7 Å². The van der Waals surface area contributed by atoms with Gasteiger partial charge in [-0.1, -0.05) is 28.1 Å². The third kappa shape index (κ3) is 6.93. The van der Waals surface area contributed by atoms with E-state index in [0.717, 1.165) is 11.3 Å². The molecule has 38 heavy (non-hydrogen) atoms. The van der Waals surface area contributed by atoms with Crippen molar-refractivity contribution in [1.82, 2.24) is 5.32 Å². The highest BCUT2D eigenvalue weighted by molar-refractivity contribution is 9.10. The van der Waals surface area contributed by atoms with E-state index in [9.17, 15) is 14.9 Å². The van der Waals surface area contributed by atoms with E-state index in [-0.39, 0.29) is 18.2 Å². The molecular formula is C27H24BrN3O6S. The van der Waals surface area contributed by atoms with Crippen molar-refractivity contribution in [2.45, 2.75) is 20.5 Å². The van der Waals surface area contributed by atoms with E-state index in [0.29, 0.717) is 50.5 Å². The average Bonchev–Trinajstić information content (AvgIpc) is 3.24. The van der Waals surface area contributed by atoms with Gasteiger partial charge in [0.1, 0.15) is 12.4 Å². The summed E-state index contributed by atoms with van der Waals surface area (Å²) >= 11 is 4.79. The van der Waals surface area contributed by atoms with E-state index in [4.69, 9.17) is 14.2 Å². The van der Waals surface area contributed by atoms with Gasteiger partial charge in [-0.15, -0.1) is 0 Å². The minimum absolute atomic E-state index is 0.00272. The number of nitrogens with zero attached hydrogens (tertiary/aromatic N) is 2. The van der Waals surface area contributed by atoms with Crippen molar-refractivity contribution in [3.63, 3.8) is 0 Å². The third-order valence-electron chi connectivity index (χ3n) is 5.19. The van der Waals surface area contributed by atoms with E-state index < -0.39 is 4.92 Å². The molecule has 3 aromatic rings. The number of aliphatic imine (C=N–C) groups is 1. The molecule has 196 valence electrons. The number of benzene rings is 3. The molecular weight excluding hydrogens is 574 g/mol. The number of carbonyl (C=O) groups is 1. The van der Waals surface area contributed by atoms with E-state index in [1.807, 2.05) is 38.1 Å². The fourth-order valence-corrected chi connectivity index (χ4v) is 4.76. The van der Waals surface area contributed by atoms with Crippen molar-refractivity contribution < 1.29 is 23.9 Å². The summed E-state index contributed by atoms with van der Waals surface area (Å²) < 4.78 is 17.8. The fraction of sp³-hybridized carbons (Fsp3) is 0.185. The molecule has 1 amide bonds. The van der Waals surface area contributed by atoms with Crippen LogP contribution in [0.1, 0.15) is 25.0 Å². The zero-order chi connectivity index (χ0) is 27.1. The predicted octanol–water partition coefficient (Wildman–Crippen LogP) is 6.63. The molecule has 1 aliphatic rings. The van der Waals surface area contributed by atoms with Gasteiger partial charge < -0.3 is 19.5 Å². The Kier molecular flexibility index (Phi) is 9.03. The SMILES string of the molecule is CCOc1ccc(N=C2NC(=O)/C(=C\c3cc(OCC)c(OCc4cccc([N+](=O)[O-])c4)cc3Br)S2)cc1. The number of halogens is 1. The molecule has 0 atom stereocenters. The number of nitrogens with one attached hydrogen (secondary N) is 1. The summed E-state index contributed by atoms with van der Waals surface area (Å²) in [5.41, 5.74) is 2.07. The first-order valence-electron chi connectivity index (χ1n) is 11.7. The van der Waals surface area contributed by atoms with Crippen molar-refractivity contribution in [2.24, 2.45) is 4.99 Å². The van der Waals surface area contributed by atoms with Crippen LogP contribution in [0.4, 0.5) is 11.4 Å². The standard InChI is InChI=1S/C27H24BrN3O6S/c1-3-35-21-10-8-19(9-11-21)29-27-30-26(32)25(38-27)14-18-13-23(36-4-2)24(15-22(18)28)37-16-17-6-5-7-20(12-17)31(33)34/h5-15H,3-4,16H2,1-2H3,(H,29,30,32)/b25-14+. The van der Waals surface area contributed by atoms with E-state index in [1.54, 1.807) is 30.3 Å². The average molecular weight is 598 g/mol. The summed E-state index contributed by atoms with van der Waals surface area (Å²) in [7, 11) is 0. The largest absolute Gasteiger partial charge is 0.494 e. The van der Waals surface area contributed by atoms with Crippen LogP contribution in [0.3, 0.4) is 0 Å². The first-order valence-corrected chi connectivity index (χ1v) is 13.3. The number of hydrogen-bond donors (Lipinski definition) is 1. The van der Waals surface area contributed by atoms with Gasteiger partial charge in [0, 0.05) is 16.6 Å². The van der Waals surface area contributed by atoms with Crippen LogP contribution in [0.15, 0.2) is 75.0 Å². The molecule has 0 unspecified atom stereocenters. The minimum Gasteiger partial charge on any atom is -0.494 e. The number of nitro benzene ring substituents is 1. The molecule has 11 heteroatoms. The second-order valence-electron chi connectivity index (χ2n) is 7.88. The highest BCUT2D eigenvalue weighted by Crippen LogP contribution is 2.37. The predicted molar refractivity (Wildman–Crippen MR) is 151 cm³/mol. The van der Waals surface area contributed by atoms with E-state index in [1.165, 1.54) is 23.9 Å². The number of rotatable bonds is 10. The number of nitro groups is 1. The number of non-ortho nitro benzene ring substituents is 1. The zero-order valence-electron chi connectivity index (χ0n) is 20.6. The molecule has 1 saturated heterocycles. The normalized spacial score (nSPS) is 15.0. The molecule has 0 spiro atoms. The minimum atomic E-state index is -0.445. The monoisotopic (exact) mass is 597 g/mol. The molecule has 1 heterocycles. The van der Waals surface area contributed by atoms with Crippen LogP contribution in [0.25, 0.3) is 6.08 Å². The topological polar surface area (TPSA) is 112 Å². The van der Waals surface area contributed by atoms with Gasteiger partial charge in [0.05, 0.1) is 28.7 Å². The van der Waals surface area contributed by atoms with Crippen LogP contribution in [-0.4, -0.2) is 29.2 Å². The molecule has 0 aromatic heterocycles. The number of thioether (sulfide) groups is 1. The van der Waals surface area contributed by atoms with Crippen LogP contribution in [-0.2, 0) is 11.4 Å². The lowest BCUT2D eigenvalue weighted by Crippen LogP contribution is -2.19. The van der Waals surface area contributed by atoms with Gasteiger partial charge in [-0.05, 0) is 79.2 Å². The summed E-state index contributed by atoms with van der Waals surface area (Å²) in [4.78, 5) is 28.2. The molecule has 9 nitrogen and oxygen atoms in total. The summed E-state index contributed by atoms with van der Waals surface area (Å²) in [6.07, 6.45) is 1.75. The molecule has 0 radical (unpaired) electrons. The van der Waals surface area contributed by atoms with E-state index >= 15 is 0 Å². The van der Waals surface area contributed by atoms with Gasteiger partial charge >= 0.3 is 0 Å². The Morgan fingerprint density at radius 1 is 1.03 bits per heavy atom. The Labute approximate surface area is 232 Å². The summed E-state index contributed by atoms with van der Waals surface area (Å²) in [6, 6.07) is 17.1. The van der Waals surface area contributed by atoms with Gasteiger partial charge in [-0.3, -0.25) is 14.9 Å². The lowest BCUT2D eigenvalue weighted by atomic mass is 10.1. The second kappa shape index (κ2) is 12.6. The fourth-order valence-electron chi connectivity index (χ4n) is 3.49. The zero-order valence-corrected chi connectivity index (χ0v) is 23.0. The molecule has 1 N–H and O–H groups in total. The maximum atomic E-state index is 12.6. The van der Waals surface area contributed by atoms with Crippen LogP contribution in [0, 0.1) is 10.1 Å². The molecule has 1 fully saturated rings. The first-order chi connectivity index (χ1) is 18.4. The summed E-state index contributed by atoms with van der Waals surface area (Å²) in [5, 5.41) is 14.3. The van der Waals surface area contributed by atoms with Crippen molar-refractivity contribution >= 4 is 56.2 Å². The quantitative estimate of drug-likeness (QED) is 0.159. The Bertz CT molecular complexity index is 1410. The Morgan fingerprint density at radius 2 is 1.76 bits per heavy atom. The van der Waals surface area contributed by atoms with Gasteiger partial charge in [0.25, 0.3) is 11.6 Å². The van der Waals surface area contributed by atoms with Crippen LogP contribution in [0.5, 0.6) is 17.2 Å². The summed E-state index contributed by atoms with van der Waals surface area (Å²) in [6.45, 7) is 4.88. The maximum Gasteiger partial charge on any atom is 0.269 e. The van der Waals surface area contributed by atoms with E-state index in [2.05, 4.69) is 26.2 Å². The van der Waals surface area contributed by atoms with Gasteiger partial charge in [0.2, 0.25) is 0 Å². The molecule has 0 aliphatic carbocycles.